The van der Waals surface area contributed by atoms with Crippen molar-refractivity contribution < 1.29 is 0 Å². The number of rotatable bonds is 5. The predicted octanol–water partition coefficient (Wildman–Crippen LogP) is 4.76. The van der Waals surface area contributed by atoms with Crippen LogP contribution in [0, 0.1) is 0 Å². The zero-order valence-corrected chi connectivity index (χ0v) is 13.6. The highest BCUT2D eigenvalue weighted by molar-refractivity contribution is 9.10. The molecular weight excluding hydrogens is 344 g/mol. The molecule has 2 nitrogen and oxygen atoms in total. The van der Waals surface area contributed by atoms with Gasteiger partial charge in [-0.1, -0.05) is 42.4 Å². The van der Waals surface area contributed by atoms with Gasteiger partial charge in [0.05, 0.1) is 9.50 Å². The van der Waals surface area contributed by atoms with E-state index in [9.17, 15) is 0 Å². The second-order valence-corrected chi connectivity index (χ2v) is 6.16. The van der Waals surface area contributed by atoms with Crippen molar-refractivity contribution in [1.82, 2.24) is 10.3 Å². The van der Waals surface area contributed by atoms with Gasteiger partial charge in [0.25, 0.3) is 0 Å². The lowest BCUT2D eigenvalue weighted by Gasteiger charge is -2.11. The molecule has 0 saturated carbocycles. The zero-order valence-electron chi connectivity index (χ0n) is 10.5. The number of aromatic nitrogens is 1. The van der Waals surface area contributed by atoms with Gasteiger partial charge < -0.3 is 5.32 Å². The van der Waals surface area contributed by atoms with Crippen LogP contribution < -0.4 is 5.32 Å². The summed E-state index contributed by atoms with van der Waals surface area (Å²) in [6.07, 6.45) is 1.79. The summed E-state index contributed by atoms with van der Waals surface area (Å²) in [5, 5.41) is 5.01. The quantitative estimate of drug-likeness (QED) is 0.835. The average molecular weight is 358 g/mol. The number of nitrogens with zero attached hydrogens (tertiary/aromatic N) is 1. The minimum absolute atomic E-state index is 0.762. The number of pyridine rings is 1. The first-order chi connectivity index (χ1) is 9.22. The Labute approximate surface area is 131 Å². The summed E-state index contributed by atoms with van der Waals surface area (Å²) in [6.45, 7) is 3.83. The minimum Gasteiger partial charge on any atom is -0.313 e. The molecule has 5 heteroatoms. The van der Waals surface area contributed by atoms with E-state index in [4.69, 9.17) is 11.6 Å². The largest absolute Gasteiger partial charge is 0.313 e. The summed E-state index contributed by atoms with van der Waals surface area (Å²) in [7, 11) is 0. The van der Waals surface area contributed by atoms with Crippen molar-refractivity contribution in [3.8, 4) is 0 Å². The van der Waals surface area contributed by atoms with Crippen molar-refractivity contribution >= 4 is 39.3 Å². The molecule has 1 N–H and O–H groups in total. The predicted molar refractivity (Wildman–Crippen MR) is 84.9 cm³/mol. The van der Waals surface area contributed by atoms with Gasteiger partial charge in [0.1, 0.15) is 5.03 Å². The number of hydrogen-bond donors (Lipinski definition) is 1. The number of benzene rings is 1. The molecule has 0 saturated heterocycles. The smallest absolute Gasteiger partial charge is 0.115 e. The molecule has 0 atom stereocenters. The summed E-state index contributed by atoms with van der Waals surface area (Å²) in [5.41, 5.74) is 1.19. The molecule has 0 aliphatic heterocycles. The fourth-order valence-electron chi connectivity index (χ4n) is 1.61. The molecule has 0 spiro atoms. The zero-order chi connectivity index (χ0) is 13.7. The third-order valence-corrected chi connectivity index (χ3v) is 5.07. The Balaban J connectivity index is 2.31. The Morgan fingerprint density at radius 1 is 1.32 bits per heavy atom. The maximum atomic E-state index is 6.32. The lowest BCUT2D eigenvalue weighted by molar-refractivity contribution is 0.718. The normalized spacial score (nSPS) is 10.7. The van der Waals surface area contributed by atoms with Gasteiger partial charge in [-0.25, -0.2) is 4.98 Å². The van der Waals surface area contributed by atoms with Crippen molar-refractivity contribution in [2.75, 3.05) is 6.54 Å². The number of halogens is 2. The molecule has 0 aliphatic carbocycles. The molecule has 1 heterocycles. The van der Waals surface area contributed by atoms with Gasteiger partial charge in [-0.2, -0.15) is 0 Å². The first-order valence-electron chi connectivity index (χ1n) is 5.99. The van der Waals surface area contributed by atoms with Crippen molar-refractivity contribution in [3.05, 3.63) is 51.6 Å². The Bertz CT molecular complexity index is 563. The average Bonchev–Trinajstić information content (AvgIpc) is 2.41. The van der Waals surface area contributed by atoms with Crippen molar-refractivity contribution in [2.24, 2.45) is 0 Å². The van der Waals surface area contributed by atoms with Crippen LogP contribution in [0.2, 0.25) is 5.02 Å². The second-order valence-electron chi connectivity index (χ2n) is 3.90. The summed E-state index contributed by atoms with van der Waals surface area (Å²) in [5.74, 6) is 0. The van der Waals surface area contributed by atoms with Crippen LogP contribution in [0.1, 0.15) is 12.5 Å². The summed E-state index contributed by atoms with van der Waals surface area (Å²) >= 11 is 11.4. The van der Waals surface area contributed by atoms with Crippen molar-refractivity contribution in [2.45, 2.75) is 23.4 Å². The van der Waals surface area contributed by atoms with Gasteiger partial charge in [0, 0.05) is 17.6 Å². The Hall–Kier alpha value is -0.550. The van der Waals surface area contributed by atoms with E-state index in [1.54, 1.807) is 18.0 Å². The maximum Gasteiger partial charge on any atom is 0.115 e. The molecule has 0 fully saturated rings. The van der Waals surface area contributed by atoms with E-state index in [1.165, 1.54) is 5.56 Å². The number of nitrogens with one attached hydrogen (secondary N) is 1. The monoisotopic (exact) mass is 356 g/mol. The standard InChI is InChI=1S/C14H14BrClN2S/c1-2-17-9-10-5-3-7-12(16)13(10)19-14-11(15)6-4-8-18-14/h3-8,17H,2,9H2,1H3. The third kappa shape index (κ3) is 3.96. The highest BCUT2D eigenvalue weighted by Gasteiger charge is 2.11. The van der Waals surface area contributed by atoms with Crippen molar-refractivity contribution in [1.29, 1.82) is 0 Å². The Morgan fingerprint density at radius 2 is 2.16 bits per heavy atom. The molecule has 0 bridgehead atoms. The molecule has 0 unspecified atom stereocenters. The van der Waals surface area contributed by atoms with Crippen LogP contribution in [0.5, 0.6) is 0 Å². The molecule has 1 aromatic carbocycles. The minimum atomic E-state index is 0.762. The maximum absolute atomic E-state index is 6.32. The molecule has 100 valence electrons. The van der Waals surface area contributed by atoms with Crippen LogP contribution in [0.4, 0.5) is 0 Å². The van der Waals surface area contributed by atoms with Crippen molar-refractivity contribution in [3.63, 3.8) is 0 Å². The highest BCUT2D eigenvalue weighted by atomic mass is 79.9. The van der Waals surface area contributed by atoms with Gasteiger partial charge in [0.15, 0.2) is 0 Å². The van der Waals surface area contributed by atoms with Gasteiger partial charge >= 0.3 is 0 Å². The van der Waals surface area contributed by atoms with E-state index < -0.39 is 0 Å². The second kappa shape index (κ2) is 7.29. The van der Waals surface area contributed by atoms with E-state index >= 15 is 0 Å². The molecule has 0 amide bonds. The van der Waals surface area contributed by atoms with Gasteiger partial charge in [-0.05, 0) is 46.2 Å². The molecule has 0 radical (unpaired) electrons. The number of hydrogen-bond acceptors (Lipinski definition) is 3. The molecule has 1 aromatic heterocycles. The Morgan fingerprint density at radius 3 is 2.89 bits per heavy atom. The van der Waals surface area contributed by atoms with E-state index in [0.29, 0.717) is 0 Å². The van der Waals surface area contributed by atoms with E-state index in [-0.39, 0.29) is 0 Å². The fraction of sp³-hybridized carbons (Fsp3) is 0.214. The highest BCUT2D eigenvalue weighted by Crippen LogP contribution is 2.37. The topological polar surface area (TPSA) is 24.9 Å². The summed E-state index contributed by atoms with van der Waals surface area (Å²) in [6, 6.07) is 9.87. The fourth-order valence-corrected chi connectivity index (χ4v) is 3.33. The van der Waals surface area contributed by atoms with Crippen LogP contribution in [-0.2, 0) is 6.54 Å². The van der Waals surface area contributed by atoms with Gasteiger partial charge in [-0.3, -0.25) is 0 Å². The van der Waals surface area contributed by atoms with Crippen LogP contribution in [0.25, 0.3) is 0 Å². The molecule has 0 aliphatic rings. The van der Waals surface area contributed by atoms with Gasteiger partial charge in [-0.15, -0.1) is 0 Å². The first kappa shape index (κ1) is 14.9. The Kier molecular flexibility index (Phi) is 5.70. The lowest BCUT2D eigenvalue weighted by atomic mass is 10.2. The molecular formula is C14H14BrClN2S. The SMILES string of the molecule is CCNCc1cccc(Cl)c1Sc1ncccc1Br. The summed E-state index contributed by atoms with van der Waals surface area (Å²) in [4.78, 5) is 5.43. The van der Waals surface area contributed by atoms with Gasteiger partial charge in [0.2, 0.25) is 0 Å². The summed E-state index contributed by atoms with van der Waals surface area (Å²) < 4.78 is 0.981. The van der Waals surface area contributed by atoms with Crippen LogP contribution in [0.3, 0.4) is 0 Å². The van der Waals surface area contributed by atoms with Crippen LogP contribution in [-0.4, -0.2) is 11.5 Å². The van der Waals surface area contributed by atoms with Crippen LogP contribution >= 0.6 is 39.3 Å². The third-order valence-electron chi connectivity index (χ3n) is 2.54. The lowest BCUT2D eigenvalue weighted by Crippen LogP contribution is -2.12. The molecule has 2 rings (SSSR count). The van der Waals surface area contributed by atoms with Crippen LogP contribution in [0.15, 0.2) is 50.9 Å². The van der Waals surface area contributed by atoms with E-state index in [0.717, 1.165) is 32.5 Å². The first-order valence-corrected chi connectivity index (χ1v) is 7.97. The molecule has 19 heavy (non-hydrogen) atoms. The van der Waals surface area contributed by atoms with E-state index in [1.807, 2.05) is 24.3 Å². The van der Waals surface area contributed by atoms with E-state index in [2.05, 4.69) is 39.2 Å². The molecule has 2 aromatic rings.